The molecule has 19 heavy (non-hydrogen) atoms. The van der Waals surface area contributed by atoms with Crippen molar-refractivity contribution in [1.29, 1.82) is 0 Å². The summed E-state index contributed by atoms with van der Waals surface area (Å²) in [5.41, 5.74) is 3.19. The van der Waals surface area contributed by atoms with Crippen molar-refractivity contribution < 1.29 is 4.79 Å². The highest BCUT2D eigenvalue weighted by molar-refractivity contribution is 9.10. The summed E-state index contributed by atoms with van der Waals surface area (Å²) in [6.45, 7) is 3.85. The van der Waals surface area contributed by atoms with Crippen LogP contribution in [-0.2, 0) is 0 Å². The molecule has 0 aliphatic heterocycles. The van der Waals surface area contributed by atoms with Crippen molar-refractivity contribution in [3.63, 3.8) is 0 Å². The number of hydrogen-bond donors (Lipinski definition) is 1. The maximum absolute atomic E-state index is 12.2. The third kappa shape index (κ3) is 3.17. The van der Waals surface area contributed by atoms with Crippen LogP contribution in [0.25, 0.3) is 0 Å². The van der Waals surface area contributed by atoms with Gasteiger partial charge in [-0.2, -0.15) is 0 Å². The zero-order valence-corrected chi connectivity index (χ0v) is 13.0. The Balaban J connectivity index is 2.26. The number of carbonyl (C=O) groups is 1. The Bertz CT molecular complexity index is 640. The van der Waals surface area contributed by atoms with Gasteiger partial charge in [0.15, 0.2) is 0 Å². The number of amides is 1. The Hall–Kier alpha value is -1.32. The Morgan fingerprint density at radius 3 is 2.58 bits per heavy atom. The number of benzene rings is 2. The molecule has 0 bridgehead atoms. The van der Waals surface area contributed by atoms with Crippen LogP contribution in [0, 0.1) is 13.8 Å². The smallest absolute Gasteiger partial charge is 0.257 e. The fourth-order valence-electron chi connectivity index (χ4n) is 1.74. The zero-order valence-electron chi connectivity index (χ0n) is 10.6. The molecule has 0 aliphatic carbocycles. The summed E-state index contributed by atoms with van der Waals surface area (Å²) in [6, 6.07) is 11.1. The van der Waals surface area contributed by atoms with Crippen LogP contribution in [0.4, 0.5) is 5.69 Å². The van der Waals surface area contributed by atoms with E-state index in [1.54, 1.807) is 6.07 Å². The molecular formula is C15H13BrClNO. The van der Waals surface area contributed by atoms with Crippen LogP contribution in [0.1, 0.15) is 21.5 Å². The first-order valence-corrected chi connectivity index (χ1v) is 6.99. The van der Waals surface area contributed by atoms with E-state index in [9.17, 15) is 4.79 Å². The molecule has 2 nitrogen and oxygen atoms in total. The molecule has 0 atom stereocenters. The monoisotopic (exact) mass is 337 g/mol. The zero-order chi connectivity index (χ0) is 14.0. The van der Waals surface area contributed by atoms with E-state index in [2.05, 4.69) is 21.2 Å². The molecular weight excluding hydrogens is 326 g/mol. The lowest BCUT2D eigenvalue weighted by molar-refractivity contribution is 0.102. The summed E-state index contributed by atoms with van der Waals surface area (Å²) in [5.74, 6) is -0.199. The standard InChI is InChI=1S/C15H13BrClNO/c1-9-4-3-5-12(14(9)17)15(19)18-11-6-7-13(16)10(2)8-11/h3-8H,1-2H3,(H,18,19). The molecule has 0 saturated carbocycles. The van der Waals surface area contributed by atoms with E-state index >= 15 is 0 Å². The molecule has 0 aromatic heterocycles. The van der Waals surface area contributed by atoms with Gasteiger partial charge in [0.2, 0.25) is 0 Å². The Morgan fingerprint density at radius 2 is 1.89 bits per heavy atom. The second-order valence-electron chi connectivity index (χ2n) is 4.35. The van der Waals surface area contributed by atoms with Crippen molar-refractivity contribution >= 4 is 39.1 Å². The minimum Gasteiger partial charge on any atom is -0.322 e. The van der Waals surface area contributed by atoms with Crippen molar-refractivity contribution in [2.75, 3.05) is 5.32 Å². The van der Waals surface area contributed by atoms with E-state index in [-0.39, 0.29) is 5.91 Å². The van der Waals surface area contributed by atoms with Crippen molar-refractivity contribution in [3.8, 4) is 0 Å². The van der Waals surface area contributed by atoms with E-state index < -0.39 is 0 Å². The molecule has 4 heteroatoms. The molecule has 0 fully saturated rings. The van der Waals surface area contributed by atoms with E-state index in [1.807, 2.05) is 44.2 Å². The van der Waals surface area contributed by atoms with E-state index in [1.165, 1.54) is 0 Å². The molecule has 2 aromatic carbocycles. The van der Waals surface area contributed by atoms with Gasteiger partial charge in [0.05, 0.1) is 10.6 Å². The molecule has 98 valence electrons. The fourth-order valence-corrected chi connectivity index (χ4v) is 2.20. The largest absolute Gasteiger partial charge is 0.322 e. The molecule has 2 aromatic rings. The minimum atomic E-state index is -0.199. The van der Waals surface area contributed by atoms with Crippen LogP contribution in [0.2, 0.25) is 5.02 Å². The molecule has 2 rings (SSSR count). The first-order chi connectivity index (χ1) is 8.99. The second kappa shape index (κ2) is 5.76. The summed E-state index contributed by atoms with van der Waals surface area (Å²) < 4.78 is 1.01. The number of anilines is 1. The molecule has 0 heterocycles. The van der Waals surface area contributed by atoms with Gasteiger partial charge >= 0.3 is 0 Å². The van der Waals surface area contributed by atoms with Gasteiger partial charge in [0, 0.05) is 10.2 Å². The van der Waals surface area contributed by atoms with Gasteiger partial charge in [0.25, 0.3) is 5.91 Å². The van der Waals surface area contributed by atoms with Gasteiger partial charge in [0.1, 0.15) is 0 Å². The van der Waals surface area contributed by atoms with Crippen LogP contribution >= 0.6 is 27.5 Å². The lowest BCUT2D eigenvalue weighted by Crippen LogP contribution is -2.12. The van der Waals surface area contributed by atoms with Crippen LogP contribution in [0.5, 0.6) is 0 Å². The summed E-state index contributed by atoms with van der Waals surface area (Å²) in [6.07, 6.45) is 0. The molecule has 0 unspecified atom stereocenters. The van der Waals surface area contributed by atoms with Gasteiger partial charge < -0.3 is 5.32 Å². The number of nitrogens with one attached hydrogen (secondary N) is 1. The summed E-state index contributed by atoms with van der Waals surface area (Å²) in [4.78, 5) is 12.2. The normalized spacial score (nSPS) is 10.3. The minimum absolute atomic E-state index is 0.199. The van der Waals surface area contributed by atoms with Crippen molar-refractivity contribution in [3.05, 3.63) is 62.6 Å². The first-order valence-electron chi connectivity index (χ1n) is 5.81. The van der Waals surface area contributed by atoms with E-state index in [0.717, 1.165) is 21.3 Å². The molecule has 0 spiro atoms. The van der Waals surface area contributed by atoms with Crippen LogP contribution < -0.4 is 5.32 Å². The lowest BCUT2D eigenvalue weighted by atomic mass is 10.1. The van der Waals surface area contributed by atoms with Crippen molar-refractivity contribution in [1.82, 2.24) is 0 Å². The highest BCUT2D eigenvalue weighted by Crippen LogP contribution is 2.23. The first kappa shape index (κ1) is 14.1. The average Bonchev–Trinajstić information content (AvgIpc) is 2.37. The number of hydrogen-bond acceptors (Lipinski definition) is 1. The summed E-state index contributed by atoms with van der Waals surface area (Å²) in [5, 5.41) is 3.34. The molecule has 0 radical (unpaired) electrons. The lowest BCUT2D eigenvalue weighted by Gasteiger charge is -2.09. The molecule has 0 saturated heterocycles. The number of rotatable bonds is 2. The van der Waals surface area contributed by atoms with Gasteiger partial charge in [-0.25, -0.2) is 0 Å². The second-order valence-corrected chi connectivity index (χ2v) is 5.59. The van der Waals surface area contributed by atoms with Gasteiger partial charge in [-0.15, -0.1) is 0 Å². The van der Waals surface area contributed by atoms with Crippen molar-refractivity contribution in [2.45, 2.75) is 13.8 Å². The van der Waals surface area contributed by atoms with Gasteiger partial charge in [-0.1, -0.05) is 39.7 Å². The predicted molar refractivity (Wildman–Crippen MR) is 83.0 cm³/mol. The Kier molecular flexibility index (Phi) is 4.27. The third-order valence-electron chi connectivity index (χ3n) is 2.85. The topological polar surface area (TPSA) is 29.1 Å². The van der Waals surface area contributed by atoms with Crippen LogP contribution in [-0.4, -0.2) is 5.91 Å². The SMILES string of the molecule is Cc1cc(NC(=O)c2cccc(C)c2Cl)ccc1Br. The fraction of sp³-hybridized carbons (Fsp3) is 0.133. The third-order valence-corrected chi connectivity index (χ3v) is 4.24. The van der Waals surface area contributed by atoms with E-state index in [4.69, 9.17) is 11.6 Å². The summed E-state index contributed by atoms with van der Waals surface area (Å²) in [7, 11) is 0. The predicted octanol–water partition coefficient (Wildman–Crippen LogP) is 4.97. The van der Waals surface area contributed by atoms with Gasteiger partial charge in [-0.3, -0.25) is 4.79 Å². The van der Waals surface area contributed by atoms with Crippen LogP contribution in [0.3, 0.4) is 0 Å². The summed E-state index contributed by atoms with van der Waals surface area (Å²) >= 11 is 9.57. The Labute approximate surface area is 125 Å². The highest BCUT2D eigenvalue weighted by atomic mass is 79.9. The van der Waals surface area contributed by atoms with E-state index in [0.29, 0.717) is 10.6 Å². The average molecular weight is 339 g/mol. The molecule has 0 aliphatic rings. The molecule has 1 amide bonds. The number of aryl methyl sites for hydroxylation is 2. The number of halogens is 2. The molecule has 1 N–H and O–H groups in total. The van der Waals surface area contributed by atoms with Crippen LogP contribution in [0.15, 0.2) is 40.9 Å². The maximum Gasteiger partial charge on any atom is 0.257 e. The Morgan fingerprint density at radius 1 is 1.16 bits per heavy atom. The highest BCUT2D eigenvalue weighted by Gasteiger charge is 2.12. The number of carbonyl (C=O) groups excluding carboxylic acids is 1. The van der Waals surface area contributed by atoms with Gasteiger partial charge in [-0.05, 0) is 49.2 Å². The van der Waals surface area contributed by atoms with Crippen molar-refractivity contribution in [2.24, 2.45) is 0 Å². The maximum atomic E-state index is 12.2. The quantitative estimate of drug-likeness (QED) is 0.823.